The predicted octanol–water partition coefficient (Wildman–Crippen LogP) is 10.8. The lowest BCUT2D eigenvalue weighted by atomic mass is 10.0. The van der Waals surface area contributed by atoms with Gasteiger partial charge in [-0.1, -0.05) is 140 Å². The average Bonchev–Trinajstić information content (AvgIpc) is 2.84. The predicted molar refractivity (Wildman–Crippen MR) is 146 cm³/mol. The van der Waals surface area contributed by atoms with Crippen LogP contribution in [0, 0.1) is 0 Å². The summed E-state index contributed by atoms with van der Waals surface area (Å²) in [5, 5.41) is 0. The molecule has 0 unspecified atom stereocenters. The van der Waals surface area contributed by atoms with Crippen molar-refractivity contribution in [3.63, 3.8) is 0 Å². The van der Waals surface area contributed by atoms with Crippen molar-refractivity contribution >= 4 is 0 Å². The van der Waals surface area contributed by atoms with Gasteiger partial charge in [0.1, 0.15) is 11.5 Å². The van der Waals surface area contributed by atoms with Crippen LogP contribution in [-0.2, 0) is 12.8 Å². The van der Waals surface area contributed by atoms with E-state index in [1.807, 2.05) is 0 Å². The first-order valence-corrected chi connectivity index (χ1v) is 14.2. The summed E-state index contributed by atoms with van der Waals surface area (Å²) in [4.78, 5) is 0. The van der Waals surface area contributed by atoms with Crippen LogP contribution in [0.15, 0.2) is 48.5 Å². The molecule has 0 heterocycles. The van der Waals surface area contributed by atoms with Crippen molar-refractivity contribution in [2.24, 2.45) is 0 Å². The molecule has 1 nitrogen and oxygen atoms in total. The molecule has 1 heteroatoms. The van der Waals surface area contributed by atoms with Gasteiger partial charge in [-0.2, -0.15) is 0 Å². The lowest BCUT2D eigenvalue weighted by molar-refractivity contribution is 0.466. The Morgan fingerprint density at radius 2 is 0.758 bits per heavy atom. The lowest BCUT2D eigenvalue weighted by Gasteiger charge is -2.14. The Balaban J connectivity index is 1.76. The molecule has 184 valence electrons. The monoisotopic (exact) mass is 450 g/mol. The van der Waals surface area contributed by atoms with Gasteiger partial charge in [0.15, 0.2) is 0 Å². The molecule has 0 spiro atoms. The summed E-state index contributed by atoms with van der Waals surface area (Å²) in [6, 6.07) is 17.3. The van der Waals surface area contributed by atoms with Gasteiger partial charge in [-0.25, -0.2) is 0 Å². The molecule has 2 aromatic carbocycles. The fourth-order valence-corrected chi connectivity index (χ4v) is 4.64. The number of para-hydroxylation sites is 2. The van der Waals surface area contributed by atoms with E-state index < -0.39 is 0 Å². The van der Waals surface area contributed by atoms with Gasteiger partial charge in [-0.15, -0.1) is 0 Å². The van der Waals surface area contributed by atoms with Crippen LogP contribution in [0.2, 0.25) is 0 Å². The topological polar surface area (TPSA) is 9.23 Å². The zero-order chi connectivity index (χ0) is 23.4. The van der Waals surface area contributed by atoms with Crippen molar-refractivity contribution in [2.45, 2.75) is 129 Å². The molecule has 0 atom stereocenters. The number of hydrogen-bond acceptors (Lipinski definition) is 1. The van der Waals surface area contributed by atoms with E-state index in [0.717, 1.165) is 24.3 Å². The molecule has 0 saturated carbocycles. The van der Waals surface area contributed by atoms with Crippen molar-refractivity contribution in [2.75, 3.05) is 0 Å². The normalized spacial score (nSPS) is 11.1. The van der Waals surface area contributed by atoms with Crippen LogP contribution >= 0.6 is 0 Å². The molecule has 0 radical (unpaired) electrons. The zero-order valence-corrected chi connectivity index (χ0v) is 21.8. The van der Waals surface area contributed by atoms with E-state index in [0.29, 0.717) is 0 Å². The number of rotatable bonds is 20. The summed E-state index contributed by atoms with van der Waals surface area (Å²) in [5.74, 6) is 2.09. The highest BCUT2D eigenvalue weighted by Crippen LogP contribution is 2.30. The largest absolute Gasteiger partial charge is 0.457 e. The van der Waals surface area contributed by atoms with Gasteiger partial charge in [0.05, 0.1) is 0 Å². The molecular weight excluding hydrogens is 400 g/mol. The minimum Gasteiger partial charge on any atom is -0.457 e. The zero-order valence-electron chi connectivity index (χ0n) is 21.8. The van der Waals surface area contributed by atoms with Crippen molar-refractivity contribution in [3.8, 4) is 11.5 Å². The third-order valence-corrected chi connectivity index (χ3v) is 6.76. The number of aryl methyl sites for hydroxylation is 2. The van der Waals surface area contributed by atoms with Gasteiger partial charge in [-0.05, 0) is 48.9 Å². The van der Waals surface area contributed by atoms with E-state index in [1.165, 1.54) is 114 Å². The first-order chi connectivity index (χ1) is 16.3. The van der Waals surface area contributed by atoms with Crippen LogP contribution < -0.4 is 4.74 Å². The van der Waals surface area contributed by atoms with Crippen LogP contribution in [0.3, 0.4) is 0 Å². The van der Waals surface area contributed by atoms with Crippen LogP contribution in [0.5, 0.6) is 11.5 Å². The van der Waals surface area contributed by atoms with Gasteiger partial charge in [0.2, 0.25) is 0 Å². The van der Waals surface area contributed by atoms with Crippen LogP contribution in [-0.4, -0.2) is 0 Å². The Bertz CT molecular complexity index is 658. The first-order valence-electron chi connectivity index (χ1n) is 14.2. The maximum atomic E-state index is 6.49. The van der Waals surface area contributed by atoms with E-state index in [-0.39, 0.29) is 0 Å². The van der Waals surface area contributed by atoms with Crippen molar-refractivity contribution in [1.29, 1.82) is 0 Å². The molecule has 0 aliphatic rings. The Morgan fingerprint density at radius 1 is 0.424 bits per heavy atom. The molecule has 2 aromatic rings. The molecule has 0 N–H and O–H groups in total. The maximum Gasteiger partial charge on any atom is 0.130 e. The second kappa shape index (κ2) is 18.6. The van der Waals surface area contributed by atoms with Gasteiger partial charge < -0.3 is 4.74 Å². The third kappa shape index (κ3) is 12.3. The minimum absolute atomic E-state index is 1.05. The molecule has 0 amide bonds. The summed E-state index contributed by atoms with van der Waals surface area (Å²) in [6.07, 6.45) is 24.0. The lowest BCUT2D eigenvalue weighted by Crippen LogP contribution is -1.96. The Morgan fingerprint density at radius 3 is 1.15 bits per heavy atom. The highest BCUT2D eigenvalue weighted by molar-refractivity contribution is 5.41. The standard InChI is InChI=1S/C32H50O/c1-3-5-7-9-11-13-15-17-23-29-25-19-21-27-31(29)33-32-28-22-20-26-30(32)24-18-16-14-12-10-8-6-4-2/h19-22,25-28H,3-18,23-24H2,1-2H3. The smallest absolute Gasteiger partial charge is 0.130 e. The molecule has 0 aromatic heterocycles. The van der Waals surface area contributed by atoms with E-state index in [2.05, 4.69) is 62.4 Å². The fourth-order valence-electron chi connectivity index (χ4n) is 4.64. The summed E-state index contributed by atoms with van der Waals surface area (Å²) in [7, 11) is 0. The molecule has 0 bridgehead atoms. The van der Waals surface area contributed by atoms with Crippen LogP contribution in [0.4, 0.5) is 0 Å². The second-order valence-electron chi connectivity index (χ2n) is 9.77. The van der Waals surface area contributed by atoms with Crippen molar-refractivity contribution in [3.05, 3.63) is 59.7 Å². The fraction of sp³-hybridized carbons (Fsp3) is 0.625. The molecule has 0 saturated heterocycles. The Labute approximate surface area is 205 Å². The van der Waals surface area contributed by atoms with Crippen molar-refractivity contribution < 1.29 is 4.74 Å². The third-order valence-electron chi connectivity index (χ3n) is 6.76. The quantitative estimate of drug-likeness (QED) is 0.182. The van der Waals surface area contributed by atoms with Gasteiger partial charge in [-0.3, -0.25) is 0 Å². The number of unbranched alkanes of at least 4 members (excludes halogenated alkanes) is 14. The molecule has 33 heavy (non-hydrogen) atoms. The Kier molecular flexibility index (Phi) is 15.5. The van der Waals surface area contributed by atoms with Gasteiger partial charge in [0.25, 0.3) is 0 Å². The Hall–Kier alpha value is -1.76. The molecule has 2 rings (SSSR count). The minimum atomic E-state index is 1.05. The number of ether oxygens (including phenoxy) is 1. The van der Waals surface area contributed by atoms with Crippen LogP contribution in [0.25, 0.3) is 0 Å². The summed E-state index contributed by atoms with van der Waals surface area (Å²) < 4.78 is 6.49. The van der Waals surface area contributed by atoms with E-state index in [1.54, 1.807) is 0 Å². The number of benzene rings is 2. The van der Waals surface area contributed by atoms with E-state index in [4.69, 9.17) is 4.74 Å². The van der Waals surface area contributed by atoms with Gasteiger partial charge in [0, 0.05) is 0 Å². The molecule has 0 aliphatic carbocycles. The first kappa shape index (κ1) is 27.5. The van der Waals surface area contributed by atoms with Crippen molar-refractivity contribution in [1.82, 2.24) is 0 Å². The highest BCUT2D eigenvalue weighted by Gasteiger charge is 2.08. The summed E-state index contributed by atoms with van der Waals surface area (Å²) >= 11 is 0. The summed E-state index contributed by atoms with van der Waals surface area (Å²) in [5.41, 5.74) is 2.70. The average molecular weight is 451 g/mol. The highest BCUT2D eigenvalue weighted by atomic mass is 16.5. The van der Waals surface area contributed by atoms with Crippen LogP contribution in [0.1, 0.15) is 128 Å². The van der Waals surface area contributed by atoms with E-state index in [9.17, 15) is 0 Å². The summed E-state index contributed by atoms with van der Waals surface area (Å²) in [6.45, 7) is 4.57. The number of hydrogen-bond donors (Lipinski definition) is 0. The molecule has 0 aliphatic heterocycles. The molecule has 0 fully saturated rings. The SMILES string of the molecule is CCCCCCCCCCc1ccccc1Oc1ccccc1CCCCCCCCCC. The van der Waals surface area contributed by atoms with E-state index >= 15 is 0 Å². The van der Waals surface area contributed by atoms with Gasteiger partial charge >= 0.3 is 0 Å². The maximum absolute atomic E-state index is 6.49. The molecular formula is C32H50O. The second-order valence-corrected chi connectivity index (χ2v) is 9.77.